The summed E-state index contributed by atoms with van der Waals surface area (Å²) in [6, 6.07) is 8.31. The summed E-state index contributed by atoms with van der Waals surface area (Å²) in [4.78, 5) is 12.7. The van der Waals surface area contributed by atoms with E-state index in [1.165, 1.54) is 50.4 Å². The minimum absolute atomic E-state index is 0.0326. The number of carbonyl (C=O) groups excluding carboxylic acids is 1. The normalized spacial score (nSPS) is 12.6. The van der Waals surface area contributed by atoms with E-state index < -0.39 is 27.9 Å². The minimum Gasteiger partial charge on any atom is -0.455 e. The molecule has 0 bridgehead atoms. The van der Waals surface area contributed by atoms with Crippen molar-refractivity contribution in [1.82, 2.24) is 10.6 Å². The summed E-state index contributed by atoms with van der Waals surface area (Å²) in [5, 5.41) is 25.5. The maximum atomic E-state index is 13.4. The first-order valence-corrected chi connectivity index (χ1v) is 11.9. The zero-order valence-electron chi connectivity index (χ0n) is 18.2. The second-order valence-corrected chi connectivity index (χ2v) is 9.29. The molecular formula is C22H26FN3O6S. The van der Waals surface area contributed by atoms with Gasteiger partial charge in [-0.05, 0) is 37.3 Å². The molecule has 178 valence electrons. The molecule has 1 amide bonds. The van der Waals surface area contributed by atoms with Crippen molar-refractivity contribution in [1.29, 1.82) is 0 Å². The summed E-state index contributed by atoms with van der Waals surface area (Å²) >= 11 is 0. The molecule has 1 atom stereocenters. The SMILES string of the molecule is CCS(=O)(=O)Nc1cc2oc(-c3ccc(F)cc3)c(C(=O)NC)c2cc1C(O)CNCCO. The monoisotopic (exact) mass is 479 g/mol. The fourth-order valence-electron chi connectivity index (χ4n) is 3.35. The number of carbonyl (C=O) groups is 1. The number of nitrogens with one attached hydrogen (secondary N) is 3. The van der Waals surface area contributed by atoms with Gasteiger partial charge in [0.1, 0.15) is 17.2 Å². The number of fused-ring (bicyclic) bond motifs is 1. The molecule has 0 aliphatic carbocycles. The van der Waals surface area contributed by atoms with Crippen LogP contribution in [0, 0.1) is 5.82 Å². The number of hydrogen-bond acceptors (Lipinski definition) is 7. The number of sulfonamides is 1. The summed E-state index contributed by atoms with van der Waals surface area (Å²) in [5.41, 5.74) is 1.16. The fourth-order valence-corrected chi connectivity index (χ4v) is 4.00. The molecule has 5 N–H and O–H groups in total. The predicted molar refractivity (Wildman–Crippen MR) is 123 cm³/mol. The Bertz CT molecular complexity index is 1240. The van der Waals surface area contributed by atoms with E-state index in [0.29, 0.717) is 10.9 Å². The van der Waals surface area contributed by atoms with Gasteiger partial charge in [0.05, 0.1) is 29.7 Å². The van der Waals surface area contributed by atoms with Crippen molar-refractivity contribution in [3.8, 4) is 11.3 Å². The molecule has 0 aliphatic rings. The van der Waals surface area contributed by atoms with Crippen LogP contribution < -0.4 is 15.4 Å². The largest absolute Gasteiger partial charge is 0.455 e. The molecule has 2 aromatic carbocycles. The van der Waals surface area contributed by atoms with E-state index in [2.05, 4.69) is 15.4 Å². The maximum Gasteiger partial charge on any atom is 0.255 e. The van der Waals surface area contributed by atoms with E-state index in [-0.39, 0.29) is 53.6 Å². The number of amides is 1. The van der Waals surface area contributed by atoms with Crippen LogP contribution in [0.3, 0.4) is 0 Å². The van der Waals surface area contributed by atoms with Gasteiger partial charge >= 0.3 is 0 Å². The topological polar surface area (TPSA) is 141 Å². The maximum absolute atomic E-state index is 13.4. The Hall–Kier alpha value is -2.99. The second kappa shape index (κ2) is 10.3. The number of aliphatic hydroxyl groups excluding tert-OH is 2. The van der Waals surface area contributed by atoms with E-state index in [4.69, 9.17) is 9.52 Å². The molecule has 1 aromatic heterocycles. The van der Waals surface area contributed by atoms with E-state index in [9.17, 15) is 22.7 Å². The molecule has 0 fully saturated rings. The lowest BCUT2D eigenvalue weighted by Gasteiger charge is -2.17. The third-order valence-electron chi connectivity index (χ3n) is 5.05. The van der Waals surface area contributed by atoms with Gasteiger partial charge in [0.2, 0.25) is 10.0 Å². The van der Waals surface area contributed by atoms with Gasteiger partial charge in [-0.3, -0.25) is 9.52 Å². The lowest BCUT2D eigenvalue weighted by Crippen LogP contribution is -2.25. The van der Waals surface area contributed by atoms with Gasteiger partial charge in [0.15, 0.2) is 0 Å². The Balaban J connectivity index is 2.24. The van der Waals surface area contributed by atoms with Crippen LogP contribution in [0.5, 0.6) is 0 Å². The Morgan fingerprint density at radius 2 is 1.91 bits per heavy atom. The number of halogens is 1. The second-order valence-electron chi connectivity index (χ2n) is 7.28. The van der Waals surface area contributed by atoms with Gasteiger partial charge in [-0.25, -0.2) is 12.8 Å². The number of aliphatic hydroxyl groups is 2. The molecule has 11 heteroatoms. The first-order valence-electron chi connectivity index (χ1n) is 10.3. The highest BCUT2D eigenvalue weighted by Gasteiger charge is 2.25. The summed E-state index contributed by atoms with van der Waals surface area (Å²) in [6.45, 7) is 1.61. The molecule has 1 heterocycles. The average Bonchev–Trinajstić information content (AvgIpc) is 3.16. The van der Waals surface area contributed by atoms with Gasteiger partial charge < -0.3 is 25.3 Å². The van der Waals surface area contributed by atoms with E-state index >= 15 is 0 Å². The number of hydrogen-bond donors (Lipinski definition) is 5. The molecule has 3 rings (SSSR count). The van der Waals surface area contributed by atoms with Crippen molar-refractivity contribution in [2.24, 2.45) is 0 Å². The summed E-state index contributed by atoms with van der Waals surface area (Å²) in [7, 11) is -2.24. The first kappa shape index (κ1) is 24.6. The van der Waals surface area contributed by atoms with Gasteiger partial charge in [-0.15, -0.1) is 0 Å². The van der Waals surface area contributed by atoms with Gasteiger partial charge in [-0.2, -0.15) is 0 Å². The Morgan fingerprint density at radius 3 is 2.52 bits per heavy atom. The van der Waals surface area contributed by atoms with Crippen LogP contribution in [0.4, 0.5) is 10.1 Å². The van der Waals surface area contributed by atoms with Crippen molar-refractivity contribution in [2.45, 2.75) is 13.0 Å². The lowest BCUT2D eigenvalue weighted by atomic mass is 10.00. The van der Waals surface area contributed by atoms with Gasteiger partial charge in [0.25, 0.3) is 5.91 Å². The van der Waals surface area contributed by atoms with Crippen LogP contribution in [0.1, 0.15) is 28.9 Å². The predicted octanol–water partition coefficient (Wildman–Crippen LogP) is 1.98. The molecule has 0 spiro atoms. The first-order chi connectivity index (χ1) is 15.7. The fraction of sp³-hybridized carbons (Fsp3) is 0.318. The molecular weight excluding hydrogens is 453 g/mol. The zero-order valence-corrected chi connectivity index (χ0v) is 19.0. The smallest absolute Gasteiger partial charge is 0.255 e. The Labute approximate surface area is 190 Å². The Kier molecular flexibility index (Phi) is 7.69. The molecule has 9 nitrogen and oxygen atoms in total. The van der Waals surface area contributed by atoms with Crippen molar-refractivity contribution in [2.75, 3.05) is 37.2 Å². The highest BCUT2D eigenvalue weighted by molar-refractivity contribution is 7.92. The van der Waals surface area contributed by atoms with Crippen molar-refractivity contribution in [3.63, 3.8) is 0 Å². The van der Waals surface area contributed by atoms with Crippen LogP contribution in [-0.4, -0.2) is 57.0 Å². The Morgan fingerprint density at radius 1 is 1.21 bits per heavy atom. The third kappa shape index (κ3) is 5.50. The molecule has 1 unspecified atom stereocenters. The number of anilines is 1. The summed E-state index contributed by atoms with van der Waals surface area (Å²) in [5.74, 6) is -0.924. The van der Waals surface area contributed by atoms with E-state index in [1.807, 2.05) is 0 Å². The van der Waals surface area contributed by atoms with Crippen LogP contribution in [0.15, 0.2) is 40.8 Å². The quantitative estimate of drug-likeness (QED) is 0.280. The third-order valence-corrected chi connectivity index (χ3v) is 6.34. The van der Waals surface area contributed by atoms with Crippen LogP contribution >= 0.6 is 0 Å². The molecule has 33 heavy (non-hydrogen) atoms. The molecule has 0 saturated carbocycles. The number of benzene rings is 2. The van der Waals surface area contributed by atoms with Crippen molar-refractivity contribution >= 4 is 32.6 Å². The number of rotatable bonds is 10. The molecule has 0 aliphatic heterocycles. The van der Waals surface area contributed by atoms with E-state index in [0.717, 1.165) is 0 Å². The minimum atomic E-state index is -3.69. The van der Waals surface area contributed by atoms with Crippen LogP contribution in [0.2, 0.25) is 0 Å². The van der Waals surface area contributed by atoms with Crippen LogP contribution in [-0.2, 0) is 10.0 Å². The zero-order chi connectivity index (χ0) is 24.2. The molecule has 0 radical (unpaired) electrons. The van der Waals surface area contributed by atoms with Crippen molar-refractivity contribution in [3.05, 3.63) is 53.3 Å². The summed E-state index contributed by atoms with van der Waals surface area (Å²) < 4.78 is 46.3. The highest BCUT2D eigenvalue weighted by atomic mass is 32.2. The highest BCUT2D eigenvalue weighted by Crippen LogP contribution is 2.38. The standard InChI is InChI=1S/C22H26FN3O6S/c1-3-33(30,31)26-17-11-19-16(10-15(17)18(28)12-25-8-9-27)20(22(29)24-2)21(32-19)13-4-6-14(23)7-5-13/h4-7,10-11,18,25-28H,3,8-9,12H2,1-2H3,(H,24,29). The van der Waals surface area contributed by atoms with Gasteiger partial charge in [0, 0.05) is 42.7 Å². The average molecular weight is 480 g/mol. The van der Waals surface area contributed by atoms with Crippen molar-refractivity contribution < 1.29 is 32.2 Å². The van der Waals surface area contributed by atoms with Crippen LogP contribution in [0.25, 0.3) is 22.3 Å². The number of furan rings is 1. The van der Waals surface area contributed by atoms with E-state index in [1.54, 1.807) is 0 Å². The summed E-state index contributed by atoms with van der Waals surface area (Å²) in [6.07, 6.45) is -1.16. The molecule has 3 aromatic rings. The lowest BCUT2D eigenvalue weighted by molar-refractivity contribution is 0.0964. The molecule has 0 saturated heterocycles. The van der Waals surface area contributed by atoms with Gasteiger partial charge in [-0.1, -0.05) is 0 Å².